The van der Waals surface area contributed by atoms with Crippen LogP contribution in [0.2, 0.25) is 5.02 Å². The minimum absolute atomic E-state index is 0.466. The third kappa shape index (κ3) is 3.26. The molecule has 1 rings (SSSR count). The number of hydrogen-bond donors (Lipinski definition) is 1. The van der Waals surface area contributed by atoms with Crippen molar-refractivity contribution in [3.63, 3.8) is 0 Å². The summed E-state index contributed by atoms with van der Waals surface area (Å²) in [6.07, 6.45) is 0. The van der Waals surface area contributed by atoms with Gasteiger partial charge in [0.05, 0.1) is 5.02 Å². The van der Waals surface area contributed by atoms with Gasteiger partial charge in [0.2, 0.25) is 0 Å². The van der Waals surface area contributed by atoms with Crippen molar-refractivity contribution in [3.05, 3.63) is 40.9 Å². The third-order valence-corrected chi connectivity index (χ3v) is 2.52. The van der Waals surface area contributed by atoms with Crippen LogP contribution in [0.25, 0.3) is 0 Å². The van der Waals surface area contributed by atoms with Crippen molar-refractivity contribution >= 4 is 11.6 Å². The molecule has 0 aliphatic rings. The van der Waals surface area contributed by atoms with E-state index in [0.717, 1.165) is 11.1 Å². The number of benzene rings is 1. The van der Waals surface area contributed by atoms with E-state index in [0.29, 0.717) is 17.4 Å². The predicted molar refractivity (Wildman–Crippen MR) is 69.0 cm³/mol. The SMILES string of the molecule is C=C(C)COc1cccc(C(C)(C)N)c1Cl. The van der Waals surface area contributed by atoms with E-state index >= 15 is 0 Å². The van der Waals surface area contributed by atoms with Gasteiger partial charge in [0, 0.05) is 5.54 Å². The predicted octanol–water partition coefficient (Wildman–Crippen LogP) is 3.49. The van der Waals surface area contributed by atoms with Gasteiger partial charge in [-0.15, -0.1) is 0 Å². The molecule has 1 aromatic carbocycles. The number of halogens is 1. The van der Waals surface area contributed by atoms with Gasteiger partial charge in [-0.1, -0.05) is 30.3 Å². The van der Waals surface area contributed by atoms with E-state index in [-0.39, 0.29) is 0 Å². The van der Waals surface area contributed by atoms with E-state index in [1.54, 1.807) is 0 Å². The summed E-state index contributed by atoms with van der Waals surface area (Å²) in [6, 6.07) is 5.64. The maximum atomic E-state index is 6.24. The Hall–Kier alpha value is -0.990. The number of rotatable bonds is 4. The van der Waals surface area contributed by atoms with Crippen molar-refractivity contribution in [2.45, 2.75) is 26.3 Å². The highest BCUT2D eigenvalue weighted by Crippen LogP contribution is 2.33. The van der Waals surface area contributed by atoms with Crippen molar-refractivity contribution < 1.29 is 4.74 Å². The molecule has 0 unspecified atom stereocenters. The van der Waals surface area contributed by atoms with Gasteiger partial charge in [-0.3, -0.25) is 0 Å². The van der Waals surface area contributed by atoms with Crippen LogP contribution in [0.1, 0.15) is 26.3 Å². The van der Waals surface area contributed by atoms with E-state index in [2.05, 4.69) is 6.58 Å². The van der Waals surface area contributed by atoms with Crippen LogP contribution in [0.3, 0.4) is 0 Å². The molecule has 0 fully saturated rings. The largest absolute Gasteiger partial charge is 0.488 e. The first-order valence-corrected chi connectivity index (χ1v) is 5.55. The van der Waals surface area contributed by atoms with Gasteiger partial charge >= 0.3 is 0 Å². The summed E-state index contributed by atoms with van der Waals surface area (Å²) in [5.41, 5.74) is 7.39. The third-order valence-electron chi connectivity index (χ3n) is 2.13. The fourth-order valence-electron chi connectivity index (χ4n) is 1.32. The summed E-state index contributed by atoms with van der Waals surface area (Å²) >= 11 is 6.24. The van der Waals surface area contributed by atoms with Gasteiger partial charge in [-0.2, -0.15) is 0 Å². The number of ether oxygens (including phenoxy) is 1. The fourth-order valence-corrected chi connectivity index (χ4v) is 1.74. The summed E-state index contributed by atoms with van der Waals surface area (Å²) < 4.78 is 5.55. The molecule has 0 amide bonds. The molecule has 3 heteroatoms. The molecule has 88 valence electrons. The summed E-state index contributed by atoms with van der Waals surface area (Å²) in [5, 5.41) is 0.580. The minimum Gasteiger partial charge on any atom is -0.488 e. The van der Waals surface area contributed by atoms with Gasteiger partial charge in [-0.05, 0) is 38.0 Å². The zero-order valence-electron chi connectivity index (χ0n) is 10.0. The topological polar surface area (TPSA) is 35.2 Å². The van der Waals surface area contributed by atoms with Crippen molar-refractivity contribution in [2.75, 3.05) is 6.61 Å². The lowest BCUT2D eigenvalue weighted by atomic mass is 9.95. The normalized spacial score (nSPS) is 11.3. The molecule has 2 N–H and O–H groups in total. The van der Waals surface area contributed by atoms with Crippen molar-refractivity contribution in [1.82, 2.24) is 0 Å². The van der Waals surface area contributed by atoms with E-state index in [1.807, 2.05) is 39.0 Å². The lowest BCUT2D eigenvalue weighted by molar-refractivity contribution is 0.351. The Morgan fingerprint density at radius 3 is 2.62 bits per heavy atom. The zero-order chi connectivity index (χ0) is 12.3. The van der Waals surface area contributed by atoms with E-state index in [4.69, 9.17) is 22.1 Å². The molecule has 16 heavy (non-hydrogen) atoms. The molecule has 0 aliphatic carbocycles. The maximum Gasteiger partial charge on any atom is 0.138 e. The lowest BCUT2D eigenvalue weighted by Gasteiger charge is -2.22. The molecule has 0 saturated heterocycles. The van der Waals surface area contributed by atoms with Crippen molar-refractivity contribution in [1.29, 1.82) is 0 Å². The molecule has 2 nitrogen and oxygen atoms in total. The minimum atomic E-state index is -0.473. The molecule has 0 heterocycles. The van der Waals surface area contributed by atoms with Crippen LogP contribution in [0, 0.1) is 0 Å². The Labute approximate surface area is 102 Å². The lowest BCUT2D eigenvalue weighted by Crippen LogP contribution is -2.29. The molecular weight excluding hydrogens is 222 g/mol. The first-order chi connectivity index (χ1) is 7.32. The Balaban J connectivity index is 3.00. The zero-order valence-corrected chi connectivity index (χ0v) is 10.8. The van der Waals surface area contributed by atoms with E-state index in [1.165, 1.54) is 0 Å². The summed E-state index contributed by atoms with van der Waals surface area (Å²) in [5.74, 6) is 0.653. The van der Waals surface area contributed by atoms with Gasteiger partial charge < -0.3 is 10.5 Å². The Morgan fingerprint density at radius 2 is 2.12 bits per heavy atom. The summed E-state index contributed by atoms with van der Waals surface area (Å²) in [6.45, 7) is 9.98. The highest BCUT2D eigenvalue weighted by molar-refractivity contribution is 6.33. The highest BCUT2D eigenvalue weighted by Gasteiger charge is 2.19. The number of hydrogen-bond acceptors (Lipinski definition) is 2. The second kappa shape index (κ2) is 4.89. The van der Waals surface area contributed by atoms with Gasteiger partial charge in [0.15, 0.2) is 0 Å². The number of nitrogens with two attached hydrogens (primary N) is 1. The van der Waals surface area contributed by atoms with Crippen molar-refractivity contribution in [2.24, 2.45) is 5.73 Å². The second-order valence-electron chi connectivity index (χ2n) is 4.59. The van der Waals surface area contributed by atoms with Gasteiger partial charge in [-0.25, -0.2) is 0 Å². The van der Waals surface area contributed by atoms with Crippen molar-refractivity contribution in [3.8, 4) is 5.75 Å². The van der Waals surface area contributed by atoms with E-state index < -0.39 is 5.54 Å². The standard InChI is InChI=1S/C13H18ClNO/c1-9(2)8-16-11-7-5-6-10(12(11)14)13(3,4)15/h5-7H,1,8,15H2,2-4H3. The van der Waals surface area contributed by atoms with Crippen LogP contribution in [0.15, 0.2) is 30.4 Å². The monoisotopic (exact) mass is 239 g/mol. The van der Waals surface area contributed by atoms with Crippen LogP contribution in [0.5, 0.6) is 5.75 Å². The Bertz CT molecular complexity index is 393. The first-order valence-electron chi connectivity index (χ1n) is 5.17. The van der Waals surface area contributed by atoms with E-state index in [9.17, 15) is 0 Å². The molecule has 0 aromatic heterocycles. The van der Waals surface area contributed by atoms with Gasteiger partial charge in [0.25, 0.3) is 0 Å². The second-order valence-corrected chi connectivity index (χ2v) is 4.96. The smallest absolute Gasteiger partial charge is 0.138 e. The fraction of sp³-hybridized carbons (Fsp3) is 0.385. The molecule has 1 aromatic rings. The van der Waals surface area contributed by atoms with Crippen LogP contribution in [-0.4, -0.2) is 6.61 Å². The molecule has 0 radical (unpaired) electrons. The van der Waals surface area contributed by atoms with Crippen LogP contribution in [-0.2, 0) is 5.54 Å². The molecular formula is C13H18ClNO. The molecule has 0 atom stereocenters. The first kappa shape index (κ1) is 13.1. The van der Waals surface area contributed by atoms with Crippen LogP contribution < -0.4 is 10.5 Å². The van der Waals surface area contributed by atoms with Gasteiger partial charge in [0.1, 0.15) is 12.4 Å². The Morgan fingerprint density at radius 1 is 1.50 bits per heavy atom. The average Bonchev–Trinajstić information content (AvgIpc) is 2.14. The molecule has 0 aliphatic heterocycles. The summed E-state index contributed by atoms with van der Waals surface area (Å²) in [4.78, 5) is 0. The molecule has 0 bridgehead atoms. The molecule has 0 spiro atoms. The quantitative estimate of drug-likeness (QED) is 0.817. The summed E-state index contributed by atoms with van der Waals surface area (Å²) in [7, 11) is 0. The highest BCUT2D eigenvalue weighted by atomic mass is 35.5. The molecule has 0 saturated carbocycles. The average molecular weight is 240 g/mol. The Kier molecular flexibility index (Phi) is 4.00. The van der Waals surface area contributed by atoms with Crippen LogP contribution >= 0.6 is 11.6 Å². The van der Waals surface area contributed by atoms with Crippen LogP contribution in [0.4, 0.5) is 0 Å². The maximum absolute atomic E-state index is 6.24.